The van der Waals surface area contributed by atoms with E-state index in [9.17, 15) is 0 Å². The Labute approximate surface area is 114 Å². The molecule has 0 aromatic rings. The van der Waals surface area contributed by atoms with Crippen LogP contribution in [0, 0.1) is 11.3 Å². The summed E-state index contributed by atoms with van der Waals surface area (Å²) in [5.41, 5.74) is 0.549. The molecule has 0 aromatic carbocycles. The smallest absolute Gasteiger partial charge is 0.0616 e. The van der Waals surface area contributed by atoms with Crippen LogP contribution in [0.25, 0.3) is 0 Å². The number of hydrogen-bond donors (Lipinski definition) is 1. The number of nitrogens with one attached hydrogen (secondary N) is 1. The SMILES string of the molecule is CCC(CC)CC1(CNC(C)(C)C)CCOC1C. The molecule has 0 aromatic heterocycles. The first-order valence-electron chi connectivity index (χ1n) is 7.69. The van der Waals surface area contributed by atoms with Crippen molar-refractivity contribution >= 4 is 0 Å². The van der Waals surface area contributed by atoms with Crippen molar-refractivity contribution in [3.05, 3.63) is 0 Å². The van der Waals surface area contributed by atoms with Crippen molar-refractivity contribution in [3.8, 4) is 0 Å². The molecular formula is C16H33NO. The molecule has 1 aliphatic rings. The van der Waals surface area contributed by atoms with Gasteiger partial charge in [-0.15, -0.1) is 0 Å². The molecule has 1 rings (SSSR count). The Balaban J connectivity index is 2.70. The molecular weight excluding hydrogens is 222 g/mol. The third-order valence-electron chi connectivity index (χ3n) is 4.65. The summed E-state index contributed by atoms with van der Waals surface area (Å²) in [5, 5.41) is 3.71. The van der Waals surface area contributed by atoms with E-state index in [0.717, 1.165) is 19.1 Å². The summed E-state index contributed by atoms with van der Waals surface area (Å²) < 4.78 is 5.88. The molecule has 1 fully saturated rings. The average molecular weight is 255 g/mol. The fraction of sp³-hybridized carbons (Fsp3) is 1.00. The second kappa shape index (κ2) is 6.38. The molecule has 1 N–H and O–H groups in total. The zero-order valence-electron chi connectivity index (χ0n) is 13.3. The van der Waals surface area contributed by atoms with Crippen molar-refractivity contribution in [2.45, 2.75) is 78.9 Å². The average Bonchev–Trinajstić information content (AvgIpc) is 2.65. The highest BCUT2D eigenvalue weighted by molar-refractivity contribution is 4.94. The minimum Gasteiger partial charge on any atom is -0.378 e. The lowest BCUT2D eigenvalue weighted by molar-refractivity contribution is 0.0447. The molecule has 0 spiro atoms. The Morgan fingerprint density at radius 3 is 2.28 bits per heavy atom. The normalized spacial score (nSPS) is 29.2. The third-order valence-corrected chi connectivity index (χ3v) is 4.65. The van der Waals surface area contributed by atoms with Gasteiger partial charge in [-0.3, -0.25) is 0 Å². The molecule has 0 saturated carbocycles. The lowest BCUT2D eigenvalue weighted by atomic mass is 9.72. The lowest BCUT2D eigenvalue weighted by Crippen LogP contribution is -2.47. The Hall–Kier alpha value is -0.0800. The lowest BCUT2D eigenvalue weighted by Gasteiger charge is -2.38. The van der Waals surface area contributed by atoms with E-state index in [1.807, 2.05) is 0 Å². The van der Waals surface area contributed by atoms with Crippen molar-refractivity contribution in [1.82, 2.24) is 5.32 Å². The summed E-state index contributed by atoms with van der Waals surface area (Å²) in [7, 11) is 0. The second-order valence-corrected chi connectivity index (χ2v) is 7.12. The van der Waals surface area contributed by atoms with E-state index in [1.54, 1.807) is 0 Å². The van der Waals surface area contributed by atoms with Gasteiger partial charge in [-0.1, -0.05) is 26.7 Å². The molecule has 0 aliphatic carbocycles. The van der Waals surface area contributed by atoms with Crippen LogP contribution in [0.1, 0.15) is 67.2 Å². The second-order valence-electron chi connectivity index (χ2n) is 7.12. The van der Waals surface area contributed by atoms with E-state index in [4.69, 9.17) is 4.74 Å². The van der Waals surface area contributed by atoms with Crippen molar-refractivity contribution in [2.24, 2.45) is 11.3 Å². The van der Waals surface area contributed by atoms with E-state index in [0.29, 0.717) is 11.5 Å². The van der Waals surface area contributed by atoms with Crippen molar-refractivity contribution in [2.75, 3.05) is 13.2 Å². The molecule has 1 saturated heterocycles. The number of hydrogen-bond acceptors (Lipinski definition) is 2. The summed E-state index contributed by atoms with van der Waals surface area (Å²) in [6, 6.07) is 0. The third kappa shape index (κ3) is 4.24. The molecule has 0 bridgehead atoms. The molecule has 2 heteroatoms. The van der Waals surface area contributed by atoms with Crippen LogP contribution in [-0.2, 0) is 4.74 Å². The summed E-state index contributed by atoms with van der Waals surface area (Å²) in [5.74, 6) is 0.843. The summed E-state index contributed by atoms with van der Waals surface area (Å²) in [6.45, 7) is 15.7. The van der Waals surface area contributed by atoms with Gasteiger partial charge in [0.1, 0.15) is 0 Å². The predicted octanol–water partition coefficient (Wildman–Crippen LogP) is 4.00. The van der Waals surface area contributed by atoms with Gasteiger partial charge in [0.15, 0.2) is 0 Å². The minimum atomic E-state index is 0.198. The van der Waals surface area contributed by atoms with Gasteiger partial charge in [-0.25, -0.2) is 0 Å². The molecule has 0 radical (unpaired) electrons. The minimum absolute atomic E-state index is 0.198. The maximum absolute atomic E-state index is 5.88. The fourth-order valence-electron chi connectivity index (χ4n) is 2.98. The van der Waals surface area contributed by atoms with Crippen LogP contribution in [0.5, 0.6) is 0 Å². The predicted molar refractivity (Wildman–Crippen MR) is 78.9 cm³/mol. The van der Waals surface area contributed by atoms with Gasteiger partial charge in [-0.2, -0.15) is 0 Å². The van der Waals surface area contributed by atoms with Crippen LogP contribution in [0.3, 0.4) is 0 Å². The van der Waals surface area contributed by atoms with Gasteiger partial charge in [0, 0.05) is 24.1 Å². The maximum Gasteiger partial charge on any atom is 0.0616 e. The van der Waals surface area contributed by atoms with Gasteiger partial charge >= 0.3 is 0 Å². The van der Waals surface area contributed by atoms with Crippen LogP contribution in [0.4, 0.5) is 0 Å². The molecule has 1 heterocycles. The Kier molecular flexibility index (Phi) is 5.67. The number of rotatable bonds is 6. The molecule has 2 unspecified atom stereocenters. The summed E-state index contributed by atoms with van der Waals surface area (Å²) >= 11 is 0. The number of ether oxygens (including phenoxy) is 1. The van der Waals surface area contributed by atoms with Gasteiger partial charge in [0.05, 0.1) is 6.10 Å². The van der Waals surface area contributed by atoms with Crippen LogP contribution >= 0.6 is 0 Å². The van der Waals surface area contributed by atoms with Gasteiger partial charge in [0.2, 0.25) is 0 Å². The van der Waals surface area contributed by atoms with E-state index >= 15 is 0 Å². The molecule has 108 valence electrons. The van der Waals surface area contributed by atoms with Crippen LogP contribution in [-0.4, -0.2) is 24.8 Å². The fourth-order valence-corrected chi connectivity index (χ4v) is 2.98. The van der Waals surface area contributed by atoms with E-state index < -0.39 is 0 Å². The van der Waals surface area contributed by atoms with Gasteiger partial charge < -0.3 is 10.1 Å². The Bertz CT molecular complexity index is 242. The highest BCUT2D eigenvalue weighted by Gasteiger charge is 2.42. The summed E-state index contributed by atoms with van der Waals surface area (Å²) in [4.78, 5) is 0. The zero-order valence-corrected chi connectivity index (χ0v) is 13.3. The zero-order chi connectivity index (χ0) is 13.8. The first-order chi connectivity index (χ1) is 8.33. The van der Waals surface area contributed by atoms with E-state index in [2.05, 4.69) is 46.9 Å². The quantitative estimate of drug-likeness (QED) is 0.774. The molecule has 1 aliphatic heterocycles. The topological polar surface area (TPSA) is 21.3 Å². The van der Waals surface area contributed by atoms with Crippen molar-refractivity contribution < 1.29 is 4.74 Å². The molecule has 0 amide bonds. The highest BCUT2D eigenvalue weighted by atomic mass is 16.5. The first kappa shape index (κ1) is 16.0. The monoisotopic (exact) mass is 255 g/mol. The Morgan fingerprint density at radius 1 is 1.28 bits per heavy atom. The van der Waals surface area contributed by atoms with Gasteiger partial charge in [0.25, 0.3) is 0 Å². The Morgan fingerprint density at radius 2 is 1.89 bits per heavy atom. The van der Waals surface area contributed by atoms with E-state index in [-0.39, 0.29) is 5.54 Å². The first-order valence-corrected chi connectivity index (χ1v) is 7.69. The van der Waals surface area contributed by atoms with Crippen molar-refractivity contribution in [3.63, 3.8) is 0 Å². The van der Waals surface area contributed by atoms with Crippen molar-refractivity contribution in [1.29, 1.82) is 0 Å². The van der Waals surface area contributed by atoms with Crippen LogP contribution < -0.4 is 5.32 Å². The molecule has 2 atom stereocenters. The largest absolute Gasteiger partial charge is 0.378 e. The molecule has 2 nitrogen and oxygen atoms in total. The van der Waals surface area contributed by atoms with E-state index in [1.165, 1.54) is 25.7 Å². The van der Waals surface area contributed by atoms with Crippen LogP contribution in [0.2, 0.25) is 0 Å². The van der Waals surface area contributed by atoms with Gasteiger partial charge in [-0.05, 0) is 46.5 Å². The maximum atomic E-state index is 5.88. The molecule has 18 heavy (non-hydrogen) atoms. The standard InChI is InChI=1S/C16H33NO/c1-7-14(8-2)11-16(9-10-18-13(16)3)12-17-15(4,5)6/h13-14,17H,7-12H2,1-6H3. The highest BCUT2D eigenvalue weighted by Crippen LogP contribution is 2.41. The summed E-state index contributed by atoms with van der Waals surface area (Å²) in [6.07, 6.45) is 5.51. The van der Waals surface area contributed by atoms with Crippen LogP contribution in [0.15, 0.2) is 0 Å².